The lowest BCUT2D eigenvalue weighted by atomic mass is 10.1. The third kappa shape index (κ3) is 2.70. The Bertz CT molecular complexity index is 395. The van der Waals surface area contributed by atoms with Crippen LogP contribution in [0.4, 0.5) is 11.4 Å². The number of rotatable bonds is 2. The Balaban J connectivity index is 2.17. The zero-order chi connectivity index (χ0) is 12.4. The van der Waals surface area contributed by atoms with E-state index in [1.54, 1.807) is 0 Å². The molecule has 3 N–H and O–H groups in total. The molecule has 1 aromatic carbocycles. The van der Waals surface area contributed by atoms with Crippen LogP contribution in [0.5, 0.6) is 0 Å². The maximum Gasteiger partial charge on any atom is 0.0984 e. The first-order valence-corrected chi connectivity index (χ1v) is 5.97. The summed E-state index contributed by atoms with van der Waals surface area (Å²) in [5, 5.41) is 9.20. The summed E-state index contributed by atoms with van der Waals surface area (Å²) in [7, 11) is 0. The van der Waals surface area contributed by atoms with Gasteiger partial charge in [-0.3, -0.25) is 0 Å². The molecule has 2 rings (SSSR count). The van der Waals surface area contributed by atoms with Crippen LogP contribution in [0.1, 0.15) is 12.5 Å². The summed E-state index contributed by atoms with van der Waals surface area (Å²) in [6.45, 7) is 5.62. The van der Waals surface area contributed by atoms with E-state index in [4.69, 9.17) is 10.5 Å². The summed E-state index contributed by atoms with van der Waals surface area (Å²) in [5.74, 6) is 0. The molecule has 0 spiro atoms. The highest BCUT2D eigenvalue weighted by Gasteiger charge is 2.24. The summed E-state index contributed by atoms with van der Waals surface area (Å²) in [6.07, 6.45) is 0.0182. The Kier molecular flexibility index (Phi) is 3.54. The average Bonchev–Trinajstić information content (AvgIpc) is 2.32. The molecule has 4 heteroatoms. The van der Waals surface area contributed by atoms with E-state index in [1.807, 2.05) is 26.0 Å². The number of ether oxygens (including phenoxy) is 1. The van der Waals surface area contributed by atoms with E-state index in [0.29, 0.717) is 6.54 Å². The van der Waals surface area contributed by atoms with Gasteiger partial charge in [0.1, 0.15) is 0 Å². The van der Waals surface area contributed by atoms with Gasteiger partial charge < -0.3 is 20.5 Å². The summed E-state index contributed by atoms with van der Waals surface area (Å²) >= 11 is 0. The van der Waals surface area contributed by atoms with Gasteiger partial charge >= 0.3 is 0 Å². The van der Waals surface area contributed by atoms with Crippen molar-refractivity contribution < 1.29 is 9.84 Å². The SMILES string of the molecule is Cc1ccc(N2CC(C)OC(CO)C2)cc1N. The molecule has 1 aromatic rings. The molecule has 0 aliphatic carbocycles. The molecule has 0 saturated carbocycles. The number of hydrogen-bond donors (Lipinski definition) is 2. The second-order valence-electron chi connectivity index (χ2n) is 4.70. The van der Waals surface area contributed by atoms with Crippen molar-refractivity contribution in [1.29, 1.82) is 0 Å². The summed E-state index contributed by atoms with van der Waals surface area (Å²) < 4.78 is 5.62. The number of nitrogen functional groups attached to an aromatic ring is 1. The molecule has 0 bridgehead atoms. The van der Waals surface area contributed by atoms with E-state index in [1.165, 1.54) is 0 Å². The van der Waals surface area contributed by atoms with E-state index in [0.717, 1.165) is 23.5 Å². The lowest BCUT2D eigenvalue weighted by Crippen LogP contribution is -2.48. The van der Waals surface area contributed by atoms with Crippen LogP contribution in [0.25, 0.3) is 0 Å². The van der Waals surface area contributed by atoms with Crippen LogP contribution < -0.4 is 10.6 Å². The van der Waals surface area contributed by atoms with Gasteiger partial charge in [-0.25, -0.2) is 0 Å². The first-order chi connectivity index (χ1) is 8.10. The fourth-order valence-corrected chi connectivity index (χ4v) is 2.18. The maximum atomic E-state index is 9.20. The standard InChI is InChI=1S/C13H20N2O2/c1-9-3-4-11(5-13(9)14)15-6-10(2)17-12(7-15)8-16/h3-5,10,12,16H,6-8,14H2,1-2H3. The molecule has 4 nitrogen and oxygen atoms in total. The van der Waals surface area contributed by atoms with Crippen molar-refractivity contribution >= 4 is 11.4 Å². The summed E-state index contributed by atoms with van der Waals surface area (Å²) in [5.41, 5.74) is 8.92. The molecule has 1 heterocycles. The monoisotopic (exact) mass is 236 g/mol. The first-order valence-electron chi connectivity index (χ1n) is 5.97. The highest BCUT2D eigenvalue weighted by atomic mass is 16.5. The summed E-state index contributed by atoms with van der Waals surface area (Å²) in [4.78, 5) is 2.21. The van der Waals surface area contributed by atoms with Crippen LogP contribution in [-0.2, 0) is 4.74 Å². The molecule has 1 saturated heterocycles. The number of aliphatic hydroxyl groups is 1. The molecule has 0 aromatic heterocycles. The van der Waals surface area contributed by atoms with Crippen LogP contribution in [0, 0.1) is 6.92 Å². The van der Waals surface area contributed by atoms with Gasteiger partial charge in [-0.2, -0.15) is 0 Å². The van der Waals surface area contributed by atoms with E-state index in [2.05, 4.69) is 11.0 Å². The Morgan fingerprint density at radius 3 is 2.88 bits per heavy atom. The van der Waals surface area contributed by atoms with Crippen molar-refractivity contribution in [3.05, 3.63) is 23.8 Å². The van der Waals surface area contributed by atoms with Crippen molar-refractivity contribution in [1.82, 2.24) is 0 Å². The highest BCUT2D eigenvalue weighted by Crippen LogP contribution is 2.24. The van der Waals surface area contributed by atoms with Crippen molar-refractivity contribution in [3.8, 4) is 0 Å². The zero-order valence-electron chi connectivity index (χ0n) is 10.4. The molecule has 2 unspecified atom stereocenters. The normalized spacial score (nSPS) is 25.0. The Morgan fingerprint density at radius 1 is 1.47 bits per heavy atom. The Labute approximate surface area is 102 Å². The van der Waals surface area contributed by atoms with Gasteiger partial charge in [-0.15, -0.1) is 0 Å². The van der Waals surface area contributed by atoms with Crippen molar-refractivity contribution in [2.24, 2.45) is 0 Å². The van der Waals surface area contributed by atoms with E-state index in [9.17, 15) is 5.11 Å². The van der Waals surface area contributed by atoms with Gasteiger partial charge in [0, 0.05) is 24.5 Å². The Morgan fingerprint density at radius 2 is 2.24 bits per heavy atom. The average molecular weight is 236 g/mol. The van der Waals surface area contributed by atoms with Crippen molar-refractivity contribution in [2.45, 2.75) is 26.1 Å². The molecule has 0 amide bonds. The van der Waals surface area contributed by atoms with Crippen LogP contribution in [0.3, 0.4) is 0 Å². The fraction of sp³-hybridized carbons (Fsp3) is 0.538. The van der Waals surface area contributed by atoms with Crippen molar-refractivity contribution in [3.63, 3.8) is 0 Å². The minimum absolute atomic E-state index is 0.0577. The number of aryl methyl sites for hydroxylation is 1. The topological polar surface area (TPSA) is 58.7 Å². The van der Waals surface area contributed by atoms with Crippen molar-refractivity contribution in [2.75, 3.05) is 30.3 Å². The molecule has 17 heavy (non-hydrogen) atoms. The molecule has 1 aliphatic heterocycles. The Hall–Kier alpha value is -1.26. The zero-order valence-corrected chi connectivity index (χ0v) is 10.4. The number of aliphatic hydroxyl groups excluding tert-OH is 1. The second kappa shape index (κ2) is 4.94. The first kappa shape index (κ1) is 12.2. The summed E-state index contributed by atoms with van der Waals surface area (Å²) in [6, 6.07) is 6.08. The lowest BCUT2D eigenvalue weighted by Gasteiger charge is -2.37. The van der Waals surface area contributed by atoms with E-state index >= 15 is 0 Å². The number of benzene rings is 1. The van der Waals surface area contributed by atoms with Gasteiger partial charge in [-0.05, 0) is 31.5 Å². The minimum Gasteiger partial charge on any atom is -0.398 e. The number of nitrogens with zero attached hydrogens (tertiary/aromatic N) is 1. The predicted molar refractivity (Wildman–Crippen MR) is 69.2 cm³/mol. The largest absolute Gasteiger partial charge is 0.398 e. The highest BCUT2D eigenvalue weighted by molar-refractivity contribution is 5.60. The fourth-order valence-electron chi connectivity index (χ4n) is 2.18. The quantitative estimate of drug-likeness (QED) is 0.757. The van der Waals surface area contributed by atoms with E-state index < -0.39 is 0 Å². The molecular formula is C13H20N2O2. The third-order valence-corrected chi connectivity index (χ3v) is 3.16. The number of anilines is 2. The molecule has 2 atom stereocenters. The number of nitrogens with two attached hydrogens (primary N) is 1. The maximum absolute atomic E-state index is 9.20. The van der Waals surface area contributed by atoms with E-state index in [-0.39, 0.29) is 18.8 Å². The predicted octanol–water partition coefficient (Wildman–Crippen LogP) is 1.16. The van der Waals surface area contributed by atoms with Gasteiger partial charge in [0.15, 0.2) is 0 Å². The van der Waals surface area contributed by atoms with Gasteiger partial charge in [0.25, 0.3) is 0 Å². The van der Waals surface area contributed by atoms with Crippen LogP contribution in [0.2, 0.25) is 0 Å². The molecule has 0 radical (unpaired) electrons. The number of hydrogen-bond acceptors (Lipinski definition) is 4. The third-order valence-electron chi connectivity index (χ3n) is 3.16. The molecular weight excluding hydrogens is 216 g/mol. The van der Waals surface area contributed by atoms with Crippen LogP contribution in [-0.4, -0.2) is 37.0 Å². The minimum atomic E-state index is -0.110. The number of morpholine rings is 1. The van der Waals surface area contributed by atoms with Gasteiger partial charge in [0.05, 0.1) is 18.8 Å². The van der Waals surface area contributed by atoms with Crippen LogP contribution >= 0.6 is 0 Å². The molecule has 94 valence electrons. The van der Waals surface area contributed by atoms with Gasteiger partial charge in [0.2, 0.25) is 0 Å². The molecule has 1 fully saturated rings. The molecule has 1 aliphatic rings. The second-order valence-corrected chi connectivity index (χ2v) is 4.70. The lowest BCUT2D eigenvalue weighted by molar-refractivity contribution is -0.0421. The van der Waals surface area contributed by atoms with Crippen LogP contribution in [0.15, 0.2) is 18.2 Å². The smallest absolute Gasteiger partial charge is 0.0984 e. The van der Waals surface area contributed by atoms with Gasteiger partial charge in [-0.1, -0.05) is 6.07 Å².